The maximum atomic E-state index is 11.2. The van der Waals surface area contributed by atoms with E-state index in [4.69, 9.17) is 5.11 Å². The van der Waals surface area contributed by atoms with Gasteiger partial charge in [0.15, 0.2) is 10.8 Å². The lowest BCUT2D eigenvalue weighted by atomic mass is 10.1. The molecule has 0 aromatic carbocycles. The summed E-state index contributed by atoms with van der Waals surface area (Å²) in [6.07, 6.45) is 1.09. The van der Waals surface area contributed by atoms with Crippen LogP contribution in [0.5, 0.6) is 0 Å². The van der Waals surface area contributed by atoms with Crippen molar-refractivity contribution >= 4 is 32.5 Å². The number of nitrogens with one attached hydrogen (secondary N) is 2. The Bertz CT molecular complexity index is 578. The fourth-order valence-electron chi connectivity index (χ4n) is 1.51. The van der Waals surface area contributed by atoms with E-state index in [1.54, 1.807) is 20.8 Å². The lowest BCUT2D eigenvalue weighted by Gasteiger charge is -2.25. The number of nitrogens with zero attached hydrogens (tertiary/aromatic N) is 1. The Labute approximate surface area is 116 Å². The largest absolute Gasteiger partial charge is 0.476 e. The van der Waals surface area contributed by atoms with Gasteiger partial charge in [0.05, 0.1) is 6.26 Å². The van der Waals surface area contributed by atoms with Gasteiger partial charge in [-0.1, -0.05) is 0 Å². The average Bonchev–Trinajstić information content (AvgIpc) is 2.53. The zero-order chi connectivity index (χ0) is 14.8. The van der Waals surface area contributed by atoms with Crippen LogP contribution in [0.4, 0.5) is 5.13 Å². The molecule has 0 unspecified atom stereocenters. The Hall–Kier alpha value is -1.19. The summed E-state index contributed by atoms with van der Waals surface area (Å²) in [7, 11) is -3.30. The van der Waals surface area contributed by atoms with E-state index < -0.39 is 21.5 Å². The molecule has 0 atom stereocenters. The van der Waals surface area contributed by atoms with Crippen molar-refractivity contribution in [2.24, 2.45) is 0 Å². The summed E-state index contributed by atoms with van der Waals surface area (Å²) in [5.74, 6) is -1.07. The van der Waals surface area contributed by atoms with Crippen LogP contribution in [0.1, 0.15) is 29.2 Å². The number of aryl methyl sites for hydroxylation is 1. The standard InChI is InChI=1S/C10H17N3O4S2/c1-6-7(8(14)15)12-9(18-6)11-5-10(2,3)13-19(4,16)17/h13H,5H2,1-4H3,(H,11,12)(H,14,15). The highest BCUT2D eigenvalue weighted by Gasteiger charge is 2.23. The average molecular weight is 307 g/mol. The molecule has 9 heteroatoms. The van der Waals surface area contributed by atoms with Crippen molar-refractivity contribution in [1.29, 1.82) is 0 Å². The number of aromatic carboxylic acids is 1. The molecule has 7 nitrogen and oxygen atoms in total. The highest BCUT2D eigenvalue weighted by Crippen LogP contribution is 2.22. The molecule has 0 aliphatic rings. The highest BCUT2D eigenvalue weighted by molar-refractivity contribution is 7.88. The molecule has 19 heavy (non-hydrogen) atoms. The third-order valence-corrected chi connectivity index (χ3v) is 3.99. The van der Waals surface area contributed by atoms with Gasteiger partial charge in [-0.25, -0.2) is 22.9 Å². The van der Waals surface area contributed by atoms with E-state index in [1.165, 1.54) is 11.3 Å². The Morgan fingerprint density at radius 2 is 2.05 bits per heavy atom. The number of hydrogen-bond acceptors (Lipinski definition) is 6. The molecule has 0 saturated heterocycles. The predicted molar refractivity (Wildman–Crippen MR) is 74.4 cm³/mol. The molecule has 108 valence electrons. The van der Waals surface area contributed by atoms with Gasteiger partial charge in [-0.2, -0.15) is 0 Å². The molecule has 0 aliphatic heterocycles. The van der Waals surface area contributed by atoms with Crippen LogP contribution in [0.3, 0.4) is 0 Å². The van der Waals surface area contributed by atoms with Gasteiger partial charge in [0.1, 0.15) is 0 Å². The van der Waals surface area contributed by atoms with E-state index in [0.717, 1.165) is 6.26 Å². The van der Waals surface area contributed by atoms with E-state index >= 15 is 0 Å². The lowest BCUT2D eigenvalue weighted by molar-refractivity contribution is 0.0690. The maximum absolute atomic E-state index is 11.2. The fourth-order valence-corrected chi connectivity index (χ4v) is 3.38. The lowest BCUT2D eigenvalue weighted by Crippen LogP contribution is -2.47. The van der Waals surface area contributed by atoms with Crippen LogP contribution in [-0.2, 0) is 10.0 Å². The molecule has 1 aromatic heterocycles. The number of anilines is 1. The number of carbonyl (C=O) groups is 1. The van der Waals surface area contributed by atoms with Crippen LogP contribution in [0.2, 0.25) is 0 Å². The molecule has 1 heterocycles. The van der Waals surface area contributed by atoms with E-state index in [9.17, 15) is 13.2 Å². The molecule has 0 fully saturated rings. The second kappa shape index (κ2) is 5.43. The number of aromatic nitrogens is 1. The number of hydrogen-bond donors (Lipinski definition) is 3. The number of thiazole rings is 1. The normalized spacial score (nSPS) is 12.4. The number of sulfonamides is 1. The highest BCUT2D eigenvalue weighted by atomic mass is 32.2. The summed E-state index contributed by atoms with van der Waals surface area (Å²) in [4.78, 5) is 15.4. The van der Waals surface area contributed by atoms with Crippen LogP contribution in [0.15, 0.2) is 0 Å². The second-order valence-electron chi connectivity index (χ2n) is 4.84. The quantitative estimate of drug-likeness (QED) is 0.720. The Balaban J connectivity index is 2.72. The molecule has 0 amide bonds. The minimum atomic E-state index is -3.30. The zero-order valence-corrected chi connectivity index (χ0v) is 12.8. The number of carboxylic acids is 1. The first-order chi connectivity index (χ1) is 8.50. The molecule has 0 spiro atoms. The zero-order valence-electron chi connectivity index (χ0n) is 11.1. The van der Waals surface area contributed by atoms with Crippen molar-refractivity contribution in [3.8, 4) is 0 Å². The molecule has 0 saturated carbocycles. The molecule has 3 N–H and O–H groups in total. The minimum absolute atomic E-state index is 0.0152. The van der Waals surface area contributed by atoms with Crippen LogP contribution >= 0.6 is 11.3 Å². The first-order valence-electron chi connectivity index (χ1n) is 5.44. The van der Waals surface area contributed by atoms with Gasteiger partial charge >= 0.3 is 5.97 Å². The summed E-state index contributed by atoms with van der Waals surface area (Å²) in [5.41, 5.74) is -0.683. The minimum Gasteiger partial charge on any atom is -0.476 e. The van der Waals surface area contributed by atoms with Crippen LogP contribution in [-0.4, -0.2) is 42.8 Å². The van der Waals surface area contributed by atoms with Gasteiger partial charge in [0.2, 0.25) is 10.0 Å². The maximum Gasteiger partial charge on any atom is 0.355 e. The SMILES string of the molecule is Cc1sc(NCC(C)(C)NS(C)(=O)=O)nc1C(=O)O. The fraction of sp³-hybridized carbons (Fsp3) is 0.600. The topological polar surface area (TPSA) is 108 Å². The van der Waals surface area contributed by atoms with Crippen molar-refractivity contribution in [3.05, 3.63) is 10.6 Å². The van der Waals surface area contributed by atoms with Crippen molar-refractivity contribution in [3.63, 3.8) is 0 Å². The first kappa shape index (κ1) is 15.9. The summed E-state index contributed by atoms with van der Waals surface area (Å²) in [5, 5.41) is 12.3. The summed E-state index contributed by atoms with van der Waals surface area (Å²) >= 11 is 1.22. The second-order valence-corrected chi connectivity index (χ2v) is 7.79. The smallest absolute Gasteiger partial charge is 0.355 e. The van der Waals surface area contributed by atoms with Crippen molar-refractivity contribution < 1.29 is 18.3 Å². The van der Waals surface area contributed by atoms with Gasteiger partial charge in [-0.05, 0) is 20.8 Å². The molecule has 0 radical (unpaired) electrons. The van der Waals surface area contributed by atoms with E-state index in [1.807, 2.05) is 0 Å². The summed E-state index contributed by atoms with van der Waals surface area (Å²) < 4.78 is 24.8. The monoisotopic (exact) mass is 307 g/mol. The molecular weight excluding hydrogens is 290 g/mol. The van der Waals surface area contributed by atoms with Crippen molar-refractivity contribution in [2.75, 3.05) is 18.1 Å². The molecular formula is C10H17N3O4S2. The van der Waals surface area contributed by atoms with Crippen molar-refractivity contribution in [2.45, 2.75) is 26.3 Å². The van der Waals surface area contributed by atoms with Crippen LogP contribution in [0.25, 0.3) is 0 Å². The van der Waals surface area contributed by atoms with Gasteiger partial charge < -0.3 is 10.4 Å². The van der Waals surface area contributed by atoms with E-state index in [-0.39, 0.29) is 5.69 Å². The van der Waals surface area contributed by atoms with Gasteiger partial charge in [-0.3, -0.25) is 0 Å². The summed E-state index contributed by atoms with van der Waals surface area (Å²) in [6, 6.07) is 0. The third-order valence-electron chi connectivity index (χ3n) is 2.14. The Morgan fingerprint density at radius 3 is 2.47 bits per heavy atom. The molecule has 0 bridgehead atoms. The Kier molecular flexibility index (Phi) is 4.54. The van der Waals surface area contributed by atoms with E-state index in [0.29, 0.717) is 16.6 Å². The molecule has 1 aromatic rings. The molecule has 0 aliphatic carbocycles. The Morgan fingerprint density at radius 1 is 1.47 bits per heavy atom. The number of carboxylic acid groups (broad SMARTS) is 1. The van der Waals surface area contributed by atoms with Gasteiger partial charge in [0, 0.05) is 17.0 Å². The third kappa shape index (κ3) is 5.13. The van der Waals surface area contributed by atoms with Gasteiger partial charge in [0.25, 0.3) is 0 Å². The van der Waals surface area contributed by atoms with Crippen molar-refractivity contribution in [1.82, 2.24) is 9.71 Å². The number of rotatable bonds is 6. The van der Waals surface area contributed by atoms with Crippen LogP contribution in [0, 0.1) is 6.92 Å². The van der Waals surface area contributed by atoms with E-state index in [2.05, 4.69) is 15.0 Å². The summed E-state index contributed by atoms with van der Waals surface area (Å²) in [6.45, 7) is 5.41. The molecule has 1 rings (SSSR count). The van der Waals surface area contributed by atoms with Crippen LogP contribution < -0.4 is 10.0 Å². The first-order valence-corrected chi connectivity index (χ1v) is 8.14. The van der Waals surface area contributed by atoms with Gasteiger partial charge in [-0.15, -0.1) is 11.3 Å². The predicted octanol–water partition coefficient (Wildman–Crippen LogP) is 0.889.